The highest BCUT2D eigenvalue weighted by molar-refractivity contribution is 5.42. The van der Waals surface area contributed by atoms with E-state index in [2.05, 4.69) is 50.4 Å². The number of rotatable bonds is 4. The predicted molar refractivity (Wildman–Crippen MR) is 96.0 cm³/mol. The molecule has 3 aromatic rings. The lowest BCUT2D eigenvalue weighted by Crippen LogP contribution is -2.19. The zero-order valence-electron chi connectivity index (χ0n) is 13.9. The molecule has 1 atom stereocenters. The van der Waals surface area contributed by atoms with Crippen molar-refractivity contribution in [3.8, 4) is 6.07 Å². The van der Waals surface area contributed by atoms with E-state index >= 15 is 0 Å². The first-order chi connectivity index (χ1) is 12.3. The number of nitriles is 1. The number of benzene rings is 1. The van der Waals surface area contributed by atoms with Crippen LogP contribution in [0.15, 0.2) is 54.9 Å². The zero-order valence-corrected chi connectivity index (χ0v) is 13.9. The summed E-state index contributed by atoms with van der Waals surface area (Å²) in [5.41, 5.74) is 4.40. The average Bonchev–Trinajstić information content (AvgIpc) is 3.07. The van der Waals surface area contributed by atoms with Crippen LogP contribution in [0.3, 0.4) is 0 Å². The first kappa shape index (κ1) is 15.4. The maximum atomic E-state index is 8.88. The van der Waals surface area contributed by atoms with Gasteiger partial charge in [0.15, 0.2) is 0 Å². The number of hydrogen-bond acceptors (Lipinski definition) is 4. The minimum Gasteiger partial charge on any atom is -0.363 e. The molecule has 5 nitrogen and oxygen atoms in total. The molecule has 0 spiro atoms. The topological polar surface area (TPSA) is 66.5 Å². The number of nitrogens with zero attached hydrogens (tertiary/aromatic N) is 4. The van der Waals surface area contributed by atoms with Gasteiger partial charge >= 0.3 is 0 Å². The third-order valence-corrected chi connectivity index (χ3v) is 4.65. The van der Waals surface area contributed by atoms with Gasteiger partial charge in [-0.25, -0.2) is 4.98 Å². The monoisotopic (exact) mass is 329 g/mol. The normalized spacial score (nSPS) is 16.0. The highest BCUT2D eigenvalue weighted by atomic mass is 15.3. The van der Waals surface area contributed by atoms with Crippen LogP contribution in [-0.2, 0) is 13.0 Å². The minimum absolute atomic E-state index is 0.216. The molecule has 1 aromatic carbocycles. The average molecular weight is 329 g/mol. The van der Waals surface area contributed by atoms with Crippen LogP contribution in [0.25, 0.3) is 0 Å². The molecule has 1 aliphatic carbocycles. The molecule has 0 radical (unpaired) electrons. The first-order valence-corrected chi connectivity index (χ1v) is 8.54. The quantitative estimate of drug-likeness (QED) is 0.793. The third kappa shape index (κ3) is 3.24. The van der Waals surface area contributed by atoms with Crippen molar-refractivity contribution in [2.75, 3.05) is 5.32 Å². The summed E-state index contributed by atoms with van der Waals surface area (Å²) < 4.78 is 2.12. The molecule has 25 heavy (non-hydrogen) atoms. The van der Waals surface area contributed by atoms with Crippen molar-refractivity contribution < 1.29 is 0 Å². The van der Waals surface area contributed by atoms with Crippen molar-refractivity contribution in [3.05, 3.63) is 77.2 Å². The van der Waals surface area contributed by atoms with E-state index in [1.807, 2.05) is 18.3 Å². The lowest BCUT2D eigenvalue weighted by Gasteiger charge is -2.24. The molecule has 2 aromatic heterocycles. The van der Waals surface area contributed by atoms with Gasteiger partial charge in [-0.2, -0.15) is 10.4 Å². The maximum absolute atomic E-state index is 8.88. The van der Waals surface area contributed by atoms with Gasteiger partial charge in [0.05, 0.1) is 24.3 Å². The number of fused-ring (bicyclic) bond motifs is 1. The van der Waals surface area contributed by atoms with Crippen LogP contribution in [0.1, 0.15) is 41.3 Å². The number of aromatic nitrogens is 3. The molecule has 5 heteroatoms. The van der Waals surface area contributed by atoms with E-state index in [1.54, 1.807) is 12.3 Å². The third-order valence-electron chi connectivity index (χ3n) is 4.65. The van der Waals surface area contributed by atoms with Gasteiger partial charge in [0.2, 0.25) is 0 Å². The second-order valence-corrected chi connectivity index (χ2v) is 6.32. The Morgan fingerprint density at radius 3 is 2.80 bits per heavy atom. The van der Waals surface area contributed by atoms with Crippen molar-refractivity contribution in [2.24, 2.45) is 0 Å². The fraction of sp³-hybridized carbons (Fsp3) is 0.250. The Hall–Kier alpha value is -3.13. The lowest BCUT2D eigenvalue weighted by molar-refractivity contribution is 0.555. The number of anilines is 1. The van der Waals surface area contributed by atoms with Crippen LogP contribution < -0.4 is 5.32 Å². The molecular formula is C20H19N5. The van der Waals surface area contributed by atoms with E-state index in [1.165, 1.54) is 16.8 Å². The molecule has 0 aliphatic heterocycles. The molecule has 1 unspecified atom stereocenters. The van der Waals surface area contributed by atoms with E-state index < -0.39 is 0 Å². The van der Waals surface area contributed by atoms with E-state index in [-0.39, 0.29) is 6.04 Å². The Balaban J connectivity index is 1.55. The standard InChI is InChI=1S/C20H19N5/c21-11-16-9-10-20(22-12-16)24-18-7-4-8-19-17(18)13-23-25(19)14-15-5-2-1-3-6-15/h1-3,5-6,9-10,12-13,18H,4,7-8,14H2,(H,22,24). The van der Waals surface area contributed by atoms with Gasteiger partial charge in [-0.05, 0) is 37.0 Å². The Bertz CT molecular complexity index is 890. The largest absolute Gasteiger partial charge is 0.363 e. The highest BCUT2D eigenvalue weighted by Gasteiger charge is 2.24. The van der Waals surface area contributed by atoms with Crippen LogP contribution in [0.5, 0.6) is 0 Å². The molecule has 0 saturated carbocycles. The molecule has 0 amide bonds. The first-order valence-electron chi connectivity index (χ1n) is 8.54. The molecule has 0 saturated heterocycles. The van der Waals surface area contributed by atoms with Crippen molar-refractivity contribution in [1.82, 2.24) is 14.8 Å². The summed E-state index contributed by atoms with van der Waals surface area (Å²) >= 11 is 0. The van der Waals surface area contributed by atoms with Crippen molar-refractivity contribution in [1.29, 1.82) is 5.26 Å². The Labute approximate surface area is 146 Å². The molecule has 0 fully saturated rings. The molecule has 0 bridgehead atoms. The summed E-state index contributed by atoms with van der Waals surface area (Å²) in [5.74, 6) is 0.799. The summed E-state index contributed by atoms with van der Waals surface area (Å²) in [6.45, 7) is 0.804. The minimum atomic E-state index is 0.216. The summed E-state index contributed by atoms with van der Waals surface area (Å²) in [6.07, 6.45) is 6.83. The van der Waals surface area contributed by atoms with Gasteiger partial charge in [0.25, 0.3) is 0 Å². The SMILES string of the molecule is N#Cc1ccc(NC2CCCc3c2cnn3Cc2ccccc2)nc1. The van der Waals surface area contributed by atoms with Crippen LogP contribution in [0, 0.1) is 11.3 Å². The lowest BCUT2D eigenvalue weighted by atomic mass is 9.93. The Kier molecular flexibility index (Phi) is 4.17. The van der Waals surface area contributed by atoms with Gasteiger partial charge in [0.1, 0.15) is 11.9 Å². The number of hydrogen-bond donors (Lipinski definition) is 1. The molecule has 4 rings (SSSR count). The van der Waals surface area contributed by atoms with Crippen molar-refractivity contribution >= 4 is 5.82 Å². The van der Waals surface area contributed by atoms with Crippen LogP contribution in [0.4, 0.5) is 5.82 Å². The fourth-order valence-electron chi connectivity index (χ4n) is 3.39. The fourth-order valence-corrected chi connectivity index (χ4v) is 3.39. The molecule has 1 aliphatic rings. The van der Waals surface area contributed by atoms with Crippen LogP contribution in [-0.4, -0.2) is 14.8 Å². The number of pyridine rings is 1. The van der Waals surface area contributed by atoms with Gasteiger partial charge in [0, 0.05) is 17.5 Å². The number of nitrogens with one attached hydrogen (secondary N) is 1. The van der Waals surface area contributed by atoms with E-state index in [4.69, 9.17) is 5.26 Å². The van der Waals surface area contributed by atoms with Crippen LogP contribution in [0.2, 0.25) is 0 Å². The van der Waals surface area contributed by atoms with Crippen molar-refractivity contribution in [2.45, 2.75) is 31.8 Å². The predicted octanol–water partition coefficient (Wildman–Crippen LogP) is 3.69. The smallest absolute Gasteiger partial charge is 0.126 e. The van der Waals surface area contributed by atoms with Gasteiger partial charge < -0.3 is 5.32 Å². The molecule has 2 heterocycles. The molecule has 1 N–H and O–H groups in total. The second kappa shape index (κ2) is 6.78. The summed E-state index contributed by atoms with van der Waals surface area (Å²) in [5, 5.41) is 17.0. The van der Waals surface area contributed by atoms with Gasteiger partial charge in [-0.15, -0.1) is 0 Å². The Morgan fingerprint density at radius 2 is 2.04 bits per heavy atom. The summed E-state index contributed by atoms with van der Waals surface area (Å²) in [4.78, 5) is 4.33. The highest BCUT2D eigenvalue weighted by Crippen LogP contribution is 2.32. The van der Waals surface area contributed by atoms with E-state index in [0.717, 1.165) is 31.6 Å². The van der Waals surface area contributed by atoms with Crippen LogP contribution >= 0.6 is 0 Å². The van der Waals surface area contributed by atoms with Gasteiger partial charge in [-0.3, -0.25) is 4.68 Å². The Morgan fingerprint density at radius 1 is 1.16 bits per heavy atom. The summed E-state index contributed by atoms with van der Waals surface area (Å²) in [7, 11) is 0. The zero-order chi connectivity index (χ0) is 17.1. The van der Waals surface area contributed by atoms with Crippen molar-refractivity contribution in [3.63, 3.8) is 0 Å². The van der Waals surface area contributed by atoms with E-state index in [0.29, 0.717) is 5.56 Å². The second-order valence-electron chi connectivity index (χ2n) is 6.32. The molecular weight excluding hydrogens is 310 g/mol. The maximum Gasteiger partial charge on any atom is 0.126 e. The summed E-state index contributed by atoms with van der Waals surface area (Å²) in [6, 6.07) is 16.4. The van der Waals surface area contributed by atoms with Gasteiger partial charge in [-0.1, -0.05) is 30.3 Å². The van der Waals surface area contributed by atoms with E-state index in [9.17, 15) is 0 Å². The molecule has 124 valence electrons.